The normalized spacial score (nSPS) is 17.5. The monoisotopic (exact) mass is 161 g/mol. The van der Waals surface area contributed by atoms with Crippen LogP contribution in [-0.4, -0.2) is 28.3 Å². The molecule has 2 atom stereocenters. The summed E-state index contributed by atoms with van der Waals surface area (Å²) in [4.78, 5) is 10.6. The van der Waals surface area contributed by atoms with Crippen molar-refractivity contribution in [3.63, 3.8) is 0 Å². The van der Waals surface area contributed by atoms with Gasteiger partial charge in [-0.2, -0.15) is 0 Å². The fourth-order valence-corrected chi connectivity index (χ4v) is 0.784. The molecule has 0 aliphatic heterocycles. The summed E-state index contributed by atoms with van der Waals surface area (Å²) < 4.78 is 0. The minimum Gasteiger partial charge on any atom is -0.481 e. The predicted octanol–water partition coefficient (Wildman–Crippen LogP) is -0.195. The van der Waals surface area contributed by atoms with Crippen molar-refractivity contribution >= 4 is 5.97 Å². The number of carboxylic acids is 1. The summed E-state index contributed by atoms with van der Waals surface area (Å²) in [5, 5.41) is 18.0. The second-order valence-corrected chi connectivity index (χ2v) is 3.33. The van der Waals surface area contributed by atoms with E-state index in [4.69, 9.17) is 10.8 Å². The summed E-state index contributed by atoms with van der Waals surface area (Å²) >= 11 is 0. The van der Waals surface area contributed by atoms with Gasteiger partial charge in [-0.25, -0.2) is 0 Å². The second kappa shape index (κ2) is 3.19. The van der Waals surface area contributed by atoms with Crippen LogP contribution in [0.1, 0.15) is 20.8 Å². The molecule has 0 amide bonds. The van der Waals surface area contributed by atoms with E-state index < -0.39 is 23.5 Å². The molecule has 66 valence electrons. The number of aliphatic carboxylic acids is 1. The molecule has 0 aliphatic carbocycles. The maximum Gasteiger partial charge on any atom is 0.311 e. The molecule has 0 saturated heterocycles. The first kappa shape index (κ1) is 10.4. The van der Waals surface area contributed by atoms with E-state index in [0.717, 1.165) is 0 Å². The average Bonchev–Trinajstić information content (AvgIpc) is 1.85. The maximum absolute atomic E-state index is 10.6. The van der Waals surface area contributed by atoms with Gasteiger partial charge in [-0.05, 0) is 20.8 Å². The molecule has 4 N–H and O–H groups in total. The fourth-order valence-electron chi connectivity index (χ4n) is 0.784. The molecule has 4 heteroatoms. The predicted molar refractivity (Wildman–Crippen MR) is 41.1 cm³/mol. The Kier molecular flexibility index (Phi) is 3.02. The van der Waals surface area contributed by atoms with Gasteiger partial charge in [0.05, 0.1) is 11.5 Å². The topological polar surface area (TPSA) is 83.5 Å². The summed E-state index contributed by atoms with van der Waals surface area (Å²) in [6.07, 6.45) is -1.01. The summed E-state index contributed by atoms with van der Waals surface area (Å²) in [6.45, 7) is 4.47. The molecule has 0 aromatic heterocycles. The van der Waals surface area contributed by atoms with Crippen molar-refractivity contribution < 1.29 is 15.0 Å². The quantitative estimate of drug-likeness (QED) is 0.535. The molecular weight excluding hydrogens is 146 g/mol. The van der Waals surface area contributed by atoms with Gasteiger partial charge in [0.2, 0.25) is 0 Å². The third-order valence-corrected chi connectivity index (χ3v) is 1.79. The van der Waals surface area contributed by atoms with Gasteiger partial charge in [-0.3, -0.25) is 4.79 Å². The Balaban J connectivity index is 4.42. The van der Waals surface area contributed by atoms with Crippen molar-refractivity contribution in [2.24, 2.45) is 11.1 Å². The lowest BCUT2D eigenvalue weighted by Gasteiger charge is -2.28. The van der Waals surface area contributed by atoms with Crippen molar-refractivity contribution in [2.45, 2.75) is 32.9 Å². The van der Waals surface area contributed by atoms with Crippen molar-refractivity contribution in [3.05, 3.63) is 0 Å². The van der Waals surface area contributed by atoms with Crippen LogP contribution >= 0.6 is 0 Å². The molecule has 0 radical (unpaired) electrons. The smallest absolute Gasteiger partial charge is 0.311 e. The van der Waals surface area contributed by atoms with Crippen LogP contribution in [0.2, 0.25) is 0 Å². The van der Waals surface area contributed by atoms with Gasteiger partial charge in [0.1, 0.15) is 0 Å². The first-order valence-electron chi connectivity index (χ1n) is 3.47. The number of hydrogen-bond acceptors (Lipinski definition) is 3. The third kappa shape index (κ3) is 2.17. The summed E-state index contributed by atoms with van der Waals surface area (Å²) in [7, 11) is 0. The van der Waals surface area contributed by atoms with Crippen molar-refractivity contribution in [2.75, 3.05) is 0 Å². The SMILES string of the molecule is CC(N)C(O)C(C)(C)C(=O)O. The van der Waals surface area contributed by atoms with Crippen LogP contribution in [0.3, 0.4) is 0 Å². The first-order valence-corrected chi connectivity index (χ1v) is 3.47. The lowest BCUT2D eigenvalue weighted by Crippen LogP contribution is -2.47. The Hall–Kier alpha value is -0.610. The molecule has 0 bridgehead atoms. The minimum absolute atomic E-state index is 0.527. The lowest BCUT2D eigenvalue weighted by atomic mass is 9.83. The van der Waals surface area contributed by atoms with E-state index in [2.05, 4.69) is 0 Å². The number of rotatable bonds is 3. The molecule has 4 nitrogen and oxygen atoms in total. The molecule has 0 fully saturated rings. The number of aliphatic hydroxyl groups excluding tert-OH is 1. The van der Waals surface area contributed by atoms with Gasteiger partial charge in [-0.1, -0.05) is 0 Å². The minimum atomic E-state index is -1.17. The van der Waals surface area contributed by atoms with Crippen LogP contribution in [0.5, 0.6) is 0 Å². The lowest BCUT2D eigenvalue weighted by molar-refractivity contribution is -0.154. The second-order valence-electron chi connectivity index (χ2n) is 3.33. The van der Waals surface area contributed by atoms with Crippen LogP contribution in [-0.2, 0) is 4.79 Å². The highest BCUT2D eigenvalue weighted by atomic mass is 16.4. The van der Waals surface area contributed by atoms with Crippen molar-refractivity contribution in [3.8, 4) is 0 Å². The summed E-state index contributed by atoms with van der Waals surface area (Å²) in [5.41, 5.74) is 4.17. The molecule has 0 rings (SSSR count). The zero-order chi connectivity index (χ0) is 9.23. The van der Waals surface area contributed by atoms with Gasteiger partial charge in [0.15, 0.2) is 0 Å². The zero-order valence-corrected chi connectivity index (χ0v) is 7.03. The van der Waals surface area contributed by atoms with Gasteiger partial charge in [0.25, 0.3) is 0 Å². The highest BCUT2D eigenvalue weighted by molar-refractivity contribution is 5.74. The van der Waals surface area contributed by atoms with E-state index in [1.54, 1.807) is 6.92 Å². The Labute approximate surface area is 66.0 Å². The Morgan fingerprint density at radius 1 is 1.55 bits per heavy atom. The van der Waals surface area contributed by atoms with Crippen molar-refractivity contribution in [1.82, 2.24) is 0 Å². The highest BCUT2D eigenvalue weighted by Gasteiger charge is 2.37. The Bertz CT molecular complexity index is 154. The average molecular weight is 161 g/mol. The number of carbonyl (C=O) groups is 1. The molecule has 2 unspecified atom stereocenters. The molecule has 0 heterocycles. The first-order chi connectivity index (χ1) is 4.80. The molecule has 0 aromatic rings. The van der Waals surface area contributed by atoms with Gasteiger partial charge >= 0.3 is 5.97 Å². The van der Waals surface area contributed by atoms with Crippen LogP contribution in [0.25, 0.3) is 0 Å². The van der Waals surface area contributed by atoms with Crippen LogP contribution in [0.15, 0.2) is 0 Å². The largest absolute Gasteiger partial charge is 0.481 e. The van der Waals surface area contributed by atoms with E-state index in [1.807, 2.05) is 0 Å². The summed E-state index contributed by atoms with van der Waals surface area (Å²) in [5.74, 6) is -1.04. The number of nitrogens with two attached hydrogens (primary N) is 1. The molecule has 0 spiro atoms. The van der Waals surface area contributed by atoms with Gasteiger partial charge < -0.3 is 15.9 Å². The molecule has 0 aliphatic rings. The van der Waals surface area contributed by atoms with Crippen LogP contribution < -0.4 is 5.73 Å². The number of aliphatic hydroxyl groups is 1. The van der Waals surface area contributed by atoms with Gasteiger partial charge in [0, 0.05) is 6.04 Å². The van der Waals surface area contributed by atoms with Crippen molar-refractivity contribution in [1.29, 1.82) is 0 Å². The fraction of sp³-hybridized carbons (Fsp3) is 0.857. The zero-order valence-electron chi connectivity index (χ0n) is 7.03. The van der Waals surface area contributed by atoms with E-state index in [0.29, 0.717) is 0 Å². The molecule has 0 aromatic carbocycles. The van der Waals surface area contributed by atoms with Gasteiger partial charge in [-0.15, -0.1) is 0 Å². The Morgan fingerprint density at radius 2 is 1.91 bits per heavy atom. The van der Waals surface area contributed by atoms with E-state index >= 15 is 0 Å². The van der Waals surface area contributed by atoms with E-state index in [1.165, 1.54) is 13.8 Å². The van der Waals surface area contributed by atoms with E-state index in [-0.39, 0.29) is 0 Å². The number of carboxylic acid groups (broad SMARTS) is 1. The maximum atomic E-state index is 10.6. The molecule has 11 heavy (non-hydrogen) atoms. The molecular formula is C7H15NO3. The third-order valence-electron chi connectivity index (χ3n) is 1.79. The van der Waals surface area contributed by atoms with Crippen LogP contribution in [0, 0.1) is 5.41 Å². The summed E-state index contributed by atoms with van der Waals surface area (Å²) in [6, 6.07) is -0.527. The van der Waals surface area contributed by atoms with Crippen LogP contribution in [0.4, 0.5) is 0 Å². The molecule has 0 saturated carbocycles. The Morgan fingerprint density at radius 3 is 2.00 bits per heavy atom. The highest BCUT2D eigenvalue weighted by Crippen LogP contribution is 2.22. The van der Waals surface area contributed by atoms with E-state index in [9.17, 15) is 9.90 Å². The number of hydrogen-bond donors (Lipinski definition) is 3. The standard InChI is InChI=1S/C7H15NO3/c1-4(8)5(9)7(2,3)6(10)11/h4-5,9H,8H2,1-3H3,(H,10,11).